The second-order valence-corrected chi connectivity index (χ2v) is 11.3. The largest absolute Gasteiger partial charge is 0.480 e. The van der Waals surface area contributed by atoms with Crippen LogP contribution in [0.4, 0.5) is 31.8 Å². The molecule has 0 radical (unpaired) electrons. The van der Waals surface area contributed by atoms with Crippen molar-refractivity contribution in [1.82, 2.24) is 20.2 Å². The van der Waals surface area contributed by atoms with Crippen LogP contribution in [-0.4, -0.2) is 54.0 Å². The number of rotatable bonds is 6. The molecule has 1 saturated carbocycles. The predicted molar refractivity (Wildman–Crippen MR) is 142 cm³/mol. The zero-order valence-corrected chi connectivity index (χ0v) is 22.2. The molecule has 6 rings (SSSR count). The molecule has 1 saturated heterocycles. The van der Waals surface area contributed by atoms with E-state index >= 15 is 0 Å². The number of ether oxygens (including phenoxy) is 1. The highest BCUT2D eigenvalue weighted by Crippen LogP contribution is 2.48. The zero-order chi connectivity index (χ0) is 26.6. The summed E-state index contributed by atoms with van der Waals surface area (Å²) < 4.78 is 33.8. The van der Waals surface area contributed by atoms with E-state index in [2.05, 4.69) is 34.3 Å². The van der Waals surface area contributed by atoms with Gasteiger partial charge in [0.1, 0.15) is 29.1 Å². The summed E-state index contributed by atoms with van der Waals surface area (Å²) in [6.07, 6.45) is 4.91. The van der Waals surface area contributed by atoms with Gasteiger partial charge in [0.05, 0.1) is 24.7 Å². The molecule has 3 aliphatic rings. The number of methoxy groups -OCH3 is 1. The molecule has 2 atom stereocenters. The quantitative estimate of drug-likeness (QED) is 0.499. The molecule has 2 unspecified atom stereocenters. The number of aromatic nitrogens is 4. The van der Waals surface area contributed by atoms with E-state index in [0.717, 1.165) is 48.5 Å². The molecule has 4 heterocycles. The van der Waals surface area contributed by atoms with Crippen molar-refractivity contribution in [3.63, 3.8) is 0 Å². The van der Waals surface area contributed by atoms with E-state index in [1.807, 2.05) is 18.0 Å². The maximum atomic E-state index is 14.9. The molecule has 3 aromatic rings. The van der Waals surface area contributed by atoms with E-state index in [9.17, 15) is 8.78 Å². The number of fused-ring (bicyclic) bond motifs is 3. The summed E-state index contributed by atoms with van der Waals surface area (Å²) in [6.45, 7) is 6.64. The summed E-state index contributed by atoms with van der Waals surface area (Å²) in [5.74, 6) is 3.09. The third kappa shape index (κ3) is 4.19. The molecule has 2 fully saturated rings. The van der Waals surface area contributed by atoms with Gasteiger partial charge >= 0.3 is 0 Å². The van der Waals surface area contributed by atoms with Crippen molar-refractivity contribution in [3.8, 4) is 5.88 Å². The molecule has 1 aromatic carbocycles. The number of nitrogens with zero attached hydrogens (tertiary/aromatic N) is 6. The lowest BCUT2D eigenvalue weighted by Crippen LogP contribution is -2.43. The Kier molecular flexibility index (Phi) is 6.07. The molecule has 2 aliphatic heterocycles. The Balaban J connectivity index is 1.30. The van der Waals surface area contributed by atoms with Crippen molar-refractivity contribution in [2.24, 2.45) is 17.8 Å². The van der Waals surface area contributed by atoms with Gasteiger partial charge in [-0.15, -0.1) is 5.10 Å². The van der Waals surface area contributed by atoms with Crippen molar-refractivity contribution in [1.29, 1.82) is 0 Å². The van der Waals surface area contributed by atoms with Crippen LogP contribution in [0.25, 0.3) is 0 Å². The minimum absolute atomic E-state index is 0.308. The Hall–Kier alpha value is -3.56. The number of nitrogens with one attached hydrogen (secondary N) is 1. The second-order valence-electron chi connectivity index (χ2n) is 11.3. The van der Waals surface area contributed by atoms with Crippen LogP contribution in [-0.2, 0) is 11.8 Å². The van der Waals surface area contributed by atoms with E-state index in [1.54, 1.807) is 13.3 Å². The van der Waals surface area contributed by atoms with Crippen molar-refractivity contribution in [3.05, 3.63) is 53.5 Å². The maximum Gasteiger partial charge on any atom is 0.235 e. The van der Waals surface area contributed by atoms with Crippen LogP contribution in [0.1, 0.15) is 38.1 Å². The zero-order valence-electron chi connectivity index (χ0n) is 22.2. The molecule has 2 bridgehead atoms. The molecular weight excluding hydrogens is 488 g/mol. The van der Waals surface area contributed by atoms with Gasteiger partial charge in [-0.1, -0.05) is 13.8 Å². The Bertz CT molecular complexity index is 1350. The number of halogens is 2. The predicted octanol–water partition coefficient (Wildman–Crippen LogP) is 4.73. The van der Waals surface area contributed by atoms with Crippen LogP contribution in [0.5, 0.6) is 5.88 Å². The molecule has 0 amide bonds. The van der Waals surface area contributed by atoms with Crippen LogP contribution in [0.3, 0.4) is 0 Å². The average molecular weight is 522 g/mol. The average Bonchev–Trinajstić information content (AvgIpc) is 3.29. The van der Waals surface area contributed by atoms with E-state index in [1.165, 1.54) is 25.0 Å². The van der Waals surface area contributed by atoms with Crippen molar-refractivity contribution in [2.45, 2.75) is 38.5 Å². The summed E-state index contributed by atoms with van der Waals surface area (Å²) >= 11 is 0. The number of anilines is 4. The van der Waals surface area contributed by atoms with E-state index in [0.29, 0.717) is 41.7 Å². The lowest BCUT2D eigenvalue weighted by molar-refractivity contribution is 0.265. The third-order valence-corrected chi connectivity index (χ3v) is 8.50. The van der Waals surface area contributed by atoms with Crippen LogP contribution >= 0.6 is 0 Å². The van der Waals surface area contributed by atoms with Gasteiger partial charge < -0.3 is 19.9 Å². The first-order chi connectivity index (χ1) is 18.3. The Morgan fingerprint density at radius 3 is 2.55 bits per heavy atom. The van der Waals surface area contributed by atoms with Gasteiger partial charge in [-0.3, -0.25) is 0 Å². The number of hydrogen-bond donors (Lipinski definition) is 1. The first-order valence-corrected chi connectivity index (χ1v) is 13.2. The summed E-state index contributed by atoms with van der Waals surface area (Å²) in [6, 6.07) is 5.67. The number of piperidine rings is 1. The molecule has 8 nitrogen and oxygen atoms in total. The topological polar surface area (TPSA) is 79.3 Å². The number of benzene rings is 1. The Morgan fingerprint density at radius 1 is 1.11 bits per heavy atom. The highest BCUT2D eigenvalue weighted by atomic mass is 19.1. The van der Waals surface area contributed by atoms with Crippen molar-refractivity contribution in [2.75, 3.05) is 48.9 Å². The highest BCUT2D eigenvalue weighted by Gasteiger charge is 2.44. The van der Waals surface area contributed by atoms with E-state index < -0.39 is 11.6 Å². The molecule has 1 N–H and O–H groups in total. The van der Waals surface area contributed by atoms with Crippen LogP contribution in [0, 0.1) is 29.4 Å². The van der Waals surface area contributed by atoms with Gasteiger partial charge in [-0.25, -0.2) is 18.7 Å². The maximum absolute atomic E-state index is 14.9. The summed E-state index contributed by atoms with van der Waals surface area (Å²) in [5.41, 5.74) is 2.03. The number of hydrogen-bond acceptors (Lipinski definition) is 8. The van der Waals surface area contributed by atoms with Gasteiger partial charge in [0.2, 0.25) is 5.88 Å². The van der Waals surface area contributed by atoms with Gasteiger partial charge in [0.15, 0.2) is 0 Å². The lowest BCUT2D eigenvalue weighted by Gasteiger charge is -2.39. The summed E-state index contributed by atoms with van der Waals surface area (Å²) in [7, 11) is 3.47. The molecule has 10 heteroatoms. The summed E-state index contributed by atoms with van der Waals surface area (Å²) in [5, 5.41) is 11.4. The highest BCUT2D eigenvalue weighted by molar-refractivity contribution is 5.74. The van der Waals surface area contributed by atoms with E-state index in [-0.39, 0.29) is 5.41 Å². The first-order valence-electron chi connectivity index (χ1n) is 13.2. The van der Waals surface area contributed by atoms with Crippen LogP contribution in [0.2, 0.25) is 0 Å². The van der Waals surface area contributed by atoms with Crippen molar-refractivity contribution < 1.29 is 13.5 Å². The molecule has 1 aliphatic carbocycles. The monoisotopic (exact) mass is 521 g/mol. The first kappa shape index (κ1) is 24.8. The fourth-order valence-corrected chi connectivity index (χ4v) is 6.73. The second kappa shape index (κ2) is 9.32. The van der Waals surface area contributed by atoms with Gasteiger partial charge in [0, 0.05) is 56.2 Å². The van der Waals surface area contributed by atoms with Crippen LogP contribution < -0.4 is 19.9 Å². The fraction of sp³-hybridized carbons (Fsp3) is 0.500. The SMILES string of the molecule is CNc1nc(CC2C3CCC2CN(c2cnnc(OC)c2)C3)nc2c1C(C)(C)CN2c1ccc(F)cc1F. The lowest BCUT2D eigenvalue weighted by atomic mass is 9.82. The summed E-state index contributed by atoms with van der Waals surface area (Å²) in [4.78, 5) is 14.3. The smallest absolute Gasteiger partial charge is 0.235 e. The minimum atomic E-state index is -0.591. The minimum Gasteiger partial charge on any atom is -0.480 e. The molecular formula is C28H33F2N7O. The normalized spacial score (nSPS) is 23.5. The van der Waals surface area contributed by atoms with Gasteiger partial charge in [0.25, 0.3) is 0 Å². The Labute approximate surface area is 221 Å². The van der Waals surface area contributed by atoms with Gasteiger partial charge in [-0.05, 0) is 42.7 Å². The standard InChI is InChI=1S/C28H33F2N7O/c1-28(2)15-37(22-8-7-18(29)9-21(22)30)27-25(28)26(31-3)33-23(34-27)11-20-16-5-6-17(20)14-36(13-16)19-10-24(38-4)35-32-12-19/h7-10,12,16-17,20H,5-6,11,13-15H2,1-4H3,(H,31,33,34). The van der Waals surface area contributed by atoms with Crippen LogP contribution in [0.15, 0.2) is 30.5 Å². The molecule has 2 aromatic heterocycles. The molecule has 38 heavy (non-hydrogen) atoms. The molecule has 200 valence electrons. The third-order valence-electron chi connectivity index (χ3n) is 8.50. The Morgan fingerprint density at radius 2 is 1.87 bits per heavy atom. The van der Waals surface area contributed by atoms with E-state index in [4.69, 9.17) is 14.7 Å². The fourth-order valence-electron chi connectivity index (χ4n) is 6.73. The van der Waals surface area contributed by atoms with Gasteiger partial charge in [-0.2, -0.15) is 5.10 Å². The van der Waals surface area contributed by atoms with Crippen molar-refractivity contribution >= 4 is 23.0 Å². The molecule has 0 spiro atoms.